The highest BCUT2D eigenvalue weighted by Crippen LogP contribution is 2.37. The molecule has 0 bridgehead atoms. The van der Waals surface area contributed by atoms with Crippen molar-refractivity contribution in [2.45, 2.75) is 11.8 Å². The zero-order valence-electron chi connectivity index (χ0n) is 17.5. The number of anilines is 1. The van der Waals surface area contributed by atoms with E-state index < -0.39 is 10.1 Å². The Morgan fingerprint density at radius 3 is 2.30 bits per heavy atom. The summed E-state index contributed by atoms with van der Waals surface area (Å²) in [6.45, 7) is 2.09. The number of thioether (sulfide) groups is 1. The number of hydrogen-bond donors (Lipinski definition) is 0. The maximum atomic E-state index is 13.0. The van der Waals surface area contributed by atoms with Crippen LogP contribution in [0.4, 0.5) is 5.69 Å². The van der Waals surface area contributed by atoms with Crippen molar-refractivity contribution < 1.29 is 22.1 Å². The van der Waals surface area contributed by atoms with Crippen molar-refractivity contribution in [2.24, 2.45) is 0 Å². The van der Waals surface area contributed by atoms with Crippen LogP contribution >= 0.6 is 24.0 Å². The Kier molecular flexibility index (Phi) is 6.83. The molecule has 1 aliphatic heterocycles. The van der Waals surface area contributed by atoms with Gasteiger partial charge in [-0.3, -0.25) is 9.69 Å². The molecule has 1 heterocycles. The summed E-state index contributed by atoms with van der Waals surface area (Å²) in [4.78, 5) is 14.9. The third-order valence-corrected chi connectivity index (χ3v) is 7.16. The predicted octanol–water partition coefficient (Wildman–Crippen LogP) is 5.26. The van der Waals surface area contributed by atoms with E-state index in [1.54, 1.807) is 43.3 Å². The first-order chi connectivity index (χ1) is 15.9. The SMILES string of the molecule is CCOc1cc(C=C2SC(=S)N(c3ccccc3)C2=O)ccc1OS(=O)(=O)c1ccccc1. The fourth-order valence-electron chi connectivity index (χ4n) is 3.12. The van der Waals surface area contributed by atoms with Crippen LogP contribution in [-0.4, -0.2) is 25.3 Å². The fourth-order valence-corrected chi connectivity index (χ4v) is 5.38. The number of rotatable bonds is 7. The molecule has 0 saturated carbocycles. The quantitative estimate of drug-likeness (QED) is 0.250. The number of benzene rings is 3. The standard InChI is InChI=1S/C24H19NO5S3/c1-2-29-21-15-17(13-14-20(21)30-33(27,28)19-11-7-4-8-12-19)16-22-23(26)25(24(31)32-22)18-9-5-3-6-10-18/h3-16H,2H2,1H3. The van der Waals surface area contributed by atoms with E-state index in [9.17, 15) is 13.2 Å². The molecule has 33 heavy (non-hydrogen) atoms. The Bertz CT molecular complexity index is 1320. The molecule has 1 saturated heterocycles. The molecule has 0 N–H and O–H groups in total. The minimum Gasteiger partial charge on any atom is -0.490 e. The van der Waals surface area contributed by atoms with Crippen molar-refractivity contribution in [3.8, 4) is 11.5 Å². The molecule has 0 radical (unpaired) electrons. The number of para-hydroxylation sites is 1. The van der Waals surface area contributed by atoms with Crippen LogP contribution in [0.15, 0.2) is 88.7 Å². The zero-order chi connectivity index (χ0) is 23.4. The van der Waals surface area contributed by atoms with E-state index in [4.69, 9.17) is 21.1 Å². The van der Waals surface area contributed by atoms with Crippen LogP contribution < -0.4 is 13.8 Å². The second-order valence-electron chi connectivity index (χ2n) is 6.84. The van der Waals surface area contributed by atoms with E-state index in [0.717, 1.165) is 0 Å². The van der Waals surface area contributed by atoms with Crippen LogP contribution in [0.25, 0.3) is 6.08 Å². The molecular formula is C24H19NO5S3. The normalized spacial score (nSPS) is 15.2. The van der Waals surface area contributed by atoms with Gasteiger partial charge in [0.15, 0.2) is 15.8 Å². The molecule has 6 nitrogen and oxygen atoms in total. The summed E-state index contributed by atoms with van der Waals surface area (Å²) in [5.41, 5.74) is 1.35. The van der Waals surface area contributed by atoms with E-state index in [1.165, 1.54) is 34.9 Å². The summed E-state index contributed by atoms with van der Waals surface area (Å²) in [6.07, 6.45) is 1.69. The molecule has 0 spiro atoms. The van der Waals surface area contributed by atoms with Gasteiger partial charge in [0.2, 0.25) is 0 Å². The van der Waals surface area contributed by atoms with E-state index in [0.29, 0.717) is 27.1 Å². The van der Waals surface area contributed by atoms with Crippen molar-refractivity contribution in [2.75, 3.05) is 11.5 Å². The minimum atomic E-state index is -4.02. The lowest BCUT2D eigenvalue weighted by Crippen LogP contribution is -2.27. The van der Waals surface area contributed by atoms with Crippen LogP contribution in [0.3, 0.4) is 0 Å². The van der Waals surface area contributed by atoms with Gasteiger partial charge in [-0.05, 0) is 55.0 Å². The van der Waals surface area contributed by atoms with Crippen LogP contribution in [-0.2, 0) is 14.9 Å². The number of hydrogen-bond acceptors (Lipinski definition) is 7. The number of carbonyl (C=O) groups is 1. The monoisotopic (exact) mass is 497 g/mol. The molecule has 0 aliphatic carbocycles. The molecule has 0 aromatic heterocycles. The van der Waals surface area contributed by atoms with Gasteiger partial charge in [-0.15, -0.1) is 0 Å². The summed E-state index contributed by atoms with van der Waals surface area (Å²) in [5.74, 6) is 0.0973. The molecule has 0 atom stereocenters. The number of nitrogens with zero attached hydrogens (tertiary/aromatic N) is 1. The number of amides is 1. The Balaban J connectivity index is 1.62. The summed E-state index contributed by atoms with van der Waals surface area (Å²) in [5, 5.41) is 0. The predicted molar refractivity (Wildman–Crippen MR) is 134 cm³/mol. The highest BCUT2D eigenvalue weighted by atomic mass is 32.2. The van der Waals surface area contributed by atoms with Crippen LogP contribution in [0.2, 0.25) is 0 Å². The Morgan fingerprint density at radius 1 is 0.970 bits per heavy atom. The van der Waals surface area contributed by atoms with E-state index >= 15 is 0 Å². The molecule has 0 unspecified atom stereocenters. The molecule has 168 valence electrons. The van der Waals surface area contributed by atoms with E-state index in [-0.39, 0.29) is 22.3 Å². The maximum Gasteiger partial charge on any atom is 0.339 e. The highest BCUT2D eigenvalue weighted by molar-refractivity contribution is 8.27. The average Bonchev–Trinajstić information content (AvgIpc) is 3.09. The number of carbonyl (C=O) groups excluding carboxylic acids is 1. The Morgan fingerprint density at radius 2 is 1.64 bits per heavy atom. The lowest BCUT2D eigenvalue weighted by molar-refractivity contribution is -0.113. The minimum absolute atomic E-state index is 0.0427. The number of thiocarbonyl (C=S) groups is 1. The average molecular weight is 498 g/mol. The molecular weight excluding hydrogens is 478 g/mol. The van der Waals surface area contributed by atoms with Gasteiger partial charge in [-0.1, -0.05) is 66.4 Å². The maximum absolute atomic E-state index is 13.0. The molecule has 1 aliphatic rings. The lowest BCUT2D eigenvalue weighted by Gasteiger charge is -2.14. The van der Waals surface area contributed by atoms with Crippen molar-refractivity contribution >= 4 is 56.1 Å². The highest BCUT2D eigenvalue weighted by Gasteiger charge is 2.33. The van der Waals surface area contributed by atoms with Gasteiger partial charge in [-0.2, -0.15) is 8.42 Å². The van der Waals surface area contributed by atoms with Crippen LogP contribution in [0.1, 0.15) is 12.5 Å². The summed E-state index contributed by atoms with van der Waals surface area (Å²) < 4.78 is 36.6. The molecule has 4 rings (SSSR count). The first kappa shape index (κ1) is 23.0. The Labute approximate surface area is 202 Å². The molecule has 1 amide bonds. The van der Waals surface area contributed by atoms with Crippen molar-refractivity contribution in [1.82, 2.24) is 0 Å². The van der Waals surface area contributed by atoms with Gasteiger partial charge in [0.25, 0.3) is 5.91 Å². The fraction of sp³-hybridized carbons (Fsp3) is 0.0833. The van der Waals surface area contributed by atoms with Crippen LogP contribution in [0, 0.1) is 0 Å². The third-order valence-electron chi connectivity index (χ3n) is 4.60. The first-order valence-electron chi connectivity index (χ1n) is 9.98. The van der Waals surface area contributed by atoms with Crippen LogP contribution in [0.5, 0.6) is 11.5 Å². The van der Waals surface area contributed by atoms with Crippen molar-refractivity contribution in [1.29, 1.82) is 0 Å². The van der Waals surface area contributed by atoms with Gasteiger partial charge < -0.3 is 8.92 Å². The molecule has 3 aromatic carbocycles. The van der Waals surface area contributed by atoms with Crippen molar-refractivity contribution in [3.63, 3.8) is 0 Å². The first-order valence-corrected chi connectivity index (χ1v) is 12.6. The smallest absolute Gasteiger partial charge is 0.339 e. The molecule has 9 heteroatoms. The van der Waals surface area contributed by atoms with E-state index in [2.05, 4.69) is 0 Å². The van der Waals surface area contributed by atoms with E-state index in [1.807, 2.05) is 30.3 Å². The Hall–Kier alpha value is -3.14. The zero-order valence-corrected chi connectivity index (χ0v) is 20.0. The topological polar surface area (TPSA) is 72.9 Å². The summed E-state index contributed by atoms with van der Waals surface area (Å²) >= 11 is 6.61. The van der Waals surface area contributed by atoms with Crippen molar-refractivity contribution in [3.05, 3.63) is 89.3 Å². The largest absolute Gasteiger partial charge is 0.490 e. The second kappa shape index (κ2) is 9.78. The van der Waals surface area contributed by atoms with Gasteiger partial charge in [0.05, 0.1) is 17.2 Å². The van der Waals surface area contributed by atoms with Gasteiger partial charge in [0, 0.05) is 0 Å². The summed E-state index contributed by atoms with van der Waals surface area (Å²) in [6, 6.07) is 21.9. The second-order valence-corrected chi connectivity index (χ2v) is 10.1. The summed E-state index contributed by atoms with van der Waals surface area (Å²) in [7, 11) is -4.02. The number of ether oxygens (including phenoxy) is 1. The third kappa shape index (κ3) is 5.11. The van der Waals surface area contributed by atoms with Gasteiger partial charge in [-0.25, -0.2) is 0 Å². The molecule has 1 fully saturated rings. The molecule has 3 aromatic rings. The van der Waals surface area contributed by atoms with Gasteiger partial charge in [0.1, 0.15) is 4.90 Å². The van der Waals surface area contributed by atoms with Gasteiger partial charge >= 0.3 is 10.1 Å². The lowest BCUT2D eigenvalue weighted by atomic mass is 10.2.